The Morgan fingerprint density at radius 1 is 1.35 bits per heavy atom. The fraction of sp³-hybridized carbons (Fsp3) is 0.538. The molecule has 0 saturated heterocycles. The molecule has 1 fully saturated rings. The molecular weight excluding hydrogens is 222 g/mol. The molecule has 0 aromatic heterocycles. The largest absolute Gasteiger partial charge is 0.324 e. The molecule has 0 bridgehead atoms. The van der Waals surface area contributed by atoms with E-state index in [-0.39, 0.29) is 5.54 Å². The van der Waals surface area contributed by atoms with Gasteiger partial charge in [0.2, 0.25) is 0 Å². The summed E-state index contributed by atoms with van der Waals surface area (Å²) in [5, 5.41) is 0. The van der Waals surface area contributed by atoms with Gasteiger partial charge in [0.1, 0.15) is 11.6 Å². The lowest BCUT2D eigenvalue weighted by atomic mass is 10.1. The smallest absolute Gasteiger partial charge is 0.129 e. The van der Waals surface area contributed by atoms with Gasteiger partial charge in [-0.15, -0.1) is 0 Å². The molecule has 1 aliphatic rings. The van der Waals surface area contributed by atoms with Crippen molar-refractivity contribution >= 4 is 0 Å². The quantitative estimate of drug-likeness (QED) is 0.852. The number of halogens is 2. The van der Waals surface area contributed by atoms with E-state index >= 15 is 0 Å². The molecule has 17 heavy (non-hydrogen) atoms. The maximum Gasteiger partial charge on any atom is 0.129 e. The van der Waals surface area contributed by atoms with Crippen LogP contribution < -0.4 is 5.73 Å². The summed E-state index contributed by atoms with van der Waals surface area (Å²) in [5.41, 5.74) is 6.54. The van der Waals surface area contributed by atoms with Crippen LogP contribution in [0.5, 0.6) is 0 Å². The number of benzene rings is 1. The van der Waals surface area contributed by atoms with Crippen molar-refractivity contribution in [2.45, 2.75) is 24.8 Å². The Morgan fingerprint density at radius 3 is 2.65 bits per heavy atom. The third kappa shape index (κ3) is 3.48. The first-order valence-corrected chi connectivity index (χ1v) is 5.90. The normalized spacial score (nSPS) is 17.5. The molecule has 0 heterocycles. The molecule has 0 spiro atoms. The molecule has 0 radical (unpaired) electrons. The van der Waals surface area contributed by atoms with E-state index in [1.54, 1.807) is 0 Å². The first-order valence-electron chi connectivity index (χ1n) is 5.90. The highest BCUT2D eigenvalue weighted by Gasteiger charge is 2.38. The average Bonchev–Trinajstić information content (AvgIpc) is 2.94. The van der Waals surface area contributed by atoms with Crippen LogP contribution in [0.3, 0.4) is 0 Å². The van der Waals surface area contributed by atoms with Crippen LogP contribution in [0.4, 0.5) is 8.78 Å². The Hall–Kier alpha value is -1.00. The number of hydrogen-bond donors (Lipinski definition) is 1. The second-order valence-corrected chi connectivity index (χ2v) is 5.09. The lowest BCUT2D eigenvalue weighted by Gasteiger charge is -2.20. The van der Waals surface area contributed by atoms with Crippen LogP contribution in [-0.2, 0) is 6.42 Å². The van der Waals surface area contributed by atoms with Crippen molar-refractivity contribution in [2.24, 2.45) is 5.73 Å². The summed E-state index contributed by atoms with van der Waals surface area (Å²) in [6.45, 7) is 1.58. The van der Waals surface area contributed by atoms with Gasteiger partial charge in [0.25, 0.3) is 0 Å². The number of likely N-dealkylation sites (N-methyl/N-ethyl adjacent to an activating group) is 1. The van der Waals surface area contributed by atoms with Crippen molar-refractivity contribution in [2.75, 3.05) is 20.1 Å². The predicted molar refractivity (Wildman–Crippen MR) is 63.7 cm³/mol. The molecule has 1 aromatic rings. The second-order valence-electron chi connectivity index (χ2n) is 5.09. The Labute approximate surface area is 100 Å². The zero-order valence-electron chi connectivity index (χ0n) is 10.0. The van der Waals surface area contributed by atoms with Crippen molar-refractivity contribution in [3.05, 3.63) is 35.4 Å². The van der Waals surface area contributed by atoms with E-state index < -0.39 is 11.6 Å². The average molecular weight is 240 g/mol. The minimum atomic E-state index is -0.529. The summed E-state index contributed by atoms with van der Waals surface area (Å²) >= 11 is 0. The van der Waals surface area contributed by atoms with Crippen LogP contribution in [0.2, 0.25) is 0 Å². The van der Waals surface area contributed by atoms with Gasteiger partial charge in [-0.2, -0.15) is 0 Å². The summed E-state index contributed by atoms with van der Waals surface area (Å²) in [5.74, 6) is -0.995. The number of nitrogens with two attached hydrogens (primary N) is 1. The molecule has 2 N–H and O–H groups in total. The van der Waals surface area contributed by atoms with Gasteiger partial charge in [-0.3, -0.25) is 0 Å². The zero-order valence-corrected chi connectivity index (χ0v) is 10.0. The predicted octanol–water partition coefficient (Wildman–Crippen LogP) is 1.93. The van der Waals surface area contributed by atoms with E-state index in [0.717, 1.165) is 32.0 Å². The molecule has 1 aromatic carbocycles. The third-order valence-corrected chi connectivity index (χ3v) is 3.26. The first kappa shape index (κ1) is 12.5. The van der Waals surface area contributed by atoms with Gasteiger partial charge in [0, 0.05) is 24.7 Å². The van der Waals surface area contributed by atoms with E-state index in [9.17, 15) is 8.78 Å². The van der Waals surface area contributed by atoms with Crippen molar-refractivity contribution < 1.29 is 8.78 Å². The van der Waals surface area contributed by atoms with Crippen LogP contribution in [0, 0.1) is 11.6 Å². The second kappa shape index (κ2) is 4.70. The van der Waals surface area contributed by atoms with Gasteiger partial charge < -0.3 is 10.6 Å². The van der Waals surface area contributed by atoms with Crippen molar-refractivity contribution in [1.82, 2.24) is 4.90 Å². The standard InChI is InChI=1S/C13H18F2N2/c1-17(9-13(16)5-6-13)7-4-10-2-3-11(14)8-12(10)15/h2-3,8H,4-7,9,16H2,1H3. The minimum Gasteiger partial charge on any atom is -0.324 e. The lowest BCUT2D eigenvalue weighted by Crippen LogP contribution is -2.38. The highest BCUT2D eigenvalue weighted by atomic mass is 19.1. The summed E-state index contributed by atoms with van der Waals surface area (Å²) in [6.07, 6.45) is 2.73. The van der Waals surface area contributed by atoms with Crippen LogP contribution in [0.25, 0.3) is 0 Å². The van der Waals surface area contributed by atoms with E-state index in [1.165, 1.54) is 12.1 Å². The number of hydrogen-bond acceptors (Lipinski definition) is 2. The Kier molecular flexibility index (Phi) is 3.45. The first-order chi connectivity index (χ1) is 7.98. The molecular formula is C13H18F2N2. The van der Waals surface area contributed by atoms with E-state index in [2.05, 4.69) is 4.90 Å². The van der Waals surface area contributed by atoms with Crippen LogP contribution in [0.15, 0.2) is 18.2 Å². The molecule has 4 heteroatoms. The molecule has 2 nitrogen and oxygen atoms in total. The molecule has 0 aliphatic heterocycles. The highest BCUT2D eigenvalue weighted by Crippen LogP contribution is 2.32. The fourth-order valence-corrected chi connectivity index (χ4v) is 1.97. The SMILES string of the molecule is CN(CCc1ccc(F)cc1F)CC1(N)CC1. The maximum atomic E-state index is 13.4. The highest BCUT2D eigenvalue weighted by molar-refractivity contribution is 5.18. The molecule has 0 amide bonds. The summed E-state index contributed by atoms with van der Waals surface area (Å²) in [4.78, 5) is 2.11. The molecule has 1 saturated carbocycles. The van der Waals surface area contributed by atoms with Crippen LogP contribution in [-0.4, -0.2) is 30.6 Å². The molecule has 94 valence electrons. The fourth-order valence-electron chi connectivity index (χ4n) is 1.97. The Bertz CT molecular complexity index is 402. The Balaban J connectivity index is 1.84. The maximum absolute atomic E-state index is 13.4. The minimum absolute atomic E-state index is 0.0178. The van der Waals surface area contributed by atoms with E-state index in [1.807, 2.05) is 7.05 Å². The molecule has 2 rings (SSSR count). The zero-order chi connectivity index (χ0) is 12.5. The summed E-state index contributed by atoms with van der Waals surface area (Å²) < 4.78 is 26.1. The van der Waals surface area contributed by atoms with Gasteiger partial charge in [0.15, 0.2) is 0 Å². The van der Waals surface area contributed by atoms with Gasteiger partial charge in [-0.25, -0.2) is 8.78 Å². The van der Waals surface area contributed by atoms with Crippen molar-refractivity contribution in [3.8, 4) is 0 Å². The number of rotatable bonds is 5. The monoisotopic (exact) mass is 240 g/mol. The van der Waals surface area contributed by atoms with Crippen molar-refractivity contribution in [1.29, 1.82) is 0 Å². The lowest BCUT2D eigenvalue weighted by molar-refractivity contribution is 0.305. The van der Waals surface area contributed by atoms with Gasteiger partial charge in [0.05, 0.1) is 0 Å². The van der Waals surface area contributed by atoms with E-state index in [4.69, 9.17) is 5.73 Å². The van der Waals surface area contributed by atoms with Crippen molar-refractivity contribution in [3.63, 3.8) is 0 Å². The van der Waals surface area contributed by atoms with Crippen LogP contribution in [0.1, 0.15) is 18.4 Å². The topological polar surface area (TPSA) is 29.3 Å². The van der Waals surface area contributed by atoms with Gasteiger partial charge in [-0.05, 0) is 37.9 Å². The molecule has 0 atom stereocenters. The van der Waals surface area contributed by atoms with E-state index in [0.29, 0.717) is 12.0 Å². The Morgan fingerprint density at radius 2 is 2.06 bits per heavy atom. The molecule has 1 aliphatic carbocycles. The molecule has 0 unspecified atom stereocenters. The summed E-state index contributed by atoms with van der Waals surface area (Å²) in [7, 11) is 1.98. The summed E-state index contributed by atoms with van der Waals surface area (Å²) in [6, 6.07) is 3.73. The van der Waals surface area contributed by atoms with Gasteiger partial charge >= 0.3 is 0 Å². The number of nitrogens with zero attached hydrogens (tertiary/aromatic N) is 1. The van der Waals surface area contributed by atoms with Gasteiger partial charge in [-0.1, -0.05) is 6.07 Å². The third-order valence-electron chi connectivity index (χ3n) is 3.26. The van der Waals surface area contributed by atoms with Crippen LogP contribution >= 0.6 is 0 Å².